The molecule has 1 spiro atoms. The first-order valence-electron chi connectivity index (χ1n) is 25.4. The molecule has 0 aliphatic heterocycles. The Labute approximate surface area is 412 Å². The summed E-state index contributed by atoms with van der Waals surface area (Å²) in [7, 11) is 0. The number of anilines is 6. The molecule has 10 aromatic rings. The van der Waals surface area contributed by atoms with Gasteiger partial charge in [-0.05, 0) is 164 Å². The lowest BCUT2D eigenvalue weighted by Gasteiger charge is -2.40. The predicted molar refractivity (Wildman–Crippen MR) is 293 cm³/mol. The Balaban J connectivity index is 0.998. The SMILES string of the molecule is CC1(C)c2ccccc2-c2ccc(N(c3ccccc3)c3cccc4c3C35c6c(cccc6N(c6ccccc6)c6ccc7ccccc7c6-c6ccc(-c7ccccc7)cc6)CC3CCC5C4)cc21. The van der Waals surface area contributed by atoms with Crippen molar-refractivity contribution >= 4 is 44.9 Å². The number of benzene rings is 10. The Kier molecular flexibility index (Phi) is 9.27. The van der Waals surface area contributed by atoms with Gasteiger partial charge < -0.3 is 9.80 Å². The molecule has 3 atom stereocenters. The molecular formula is C68H54N2. The zero-order chi connectivity index (χ0) is 46.6. The fraction of sp³-hybridized carbons (Fsp3) is 0.147. The van der Waals surface area contributed by atoms with E-state index >= 15 is 0 Å². The third-order valence-electron chi connectivity index (χ3n) is 16.9. The van der Waals surface area contributed by atoms with E-state index in [0.717, 1.165) is 12.8 Å². The number of para-hydroxylation sites is 2. The maximum atomic E-state index is 2.63. The molecule has 0 heterocycles. The van der Waals surface area contributed by atoms with Crippen molar-refractivity contribution in [2.24, 2.45) is 11.8 Å². The monoisotopic (exact) mass is 898 g/mol. The Morgan fingerprint density at radius 2 is 0.929 bits per heavy atom. The van der Waals surface area contributed by atoms with Crippen LogP contribution in [0.15, 0.2) is 231 Å². The summed E-state index contributed by atoms with van der Waals surface area (Å²) in [5, 5.41) is 2.49. The minimum Gasteiger partial charge on any atom is -0.310 e. The molecule has 2 nitrogen and oxygen atoms in total. The smallest absolute Gasteiger partial charge is 0.0546 e. The summed E-state index contributed by atoms with van der Waals surface area (Å²) in [6.07, 6.45) is 4.62. The van der Waals surface area contributed by atoms with Crippen molar-refractivity contribution < 1.29 is 0 Å². The molecule has 4 aliphatic rings. The highest BCUT2D eigenvalue weighted by atomic mass is 15.2. The van der Waals surface area contributed by atoms with Gasteiger partial charge in [-0.2, -0.15) is 0 Å². The first kappa shape index (κ1) is 41.1. The standard InChI is InChI=1S/C68H54N2/c1-67(2)59-29-15-14-28-57(59)58-40-39-55(44-60(58)67)69(53-23-8-4-9-24-53)62-30-16-21-49-42-51-37-38-52-43-50-22-17-31-63(66(50)68(51,52)65(49)62)70(54-25-10-5-11-26-54)61-41-36-47-20-12-13-27-56(47)64(61)48-34-32-46(33-35-48)45-18-6-3-7-19-45/h3-36,39-41,44,51-52H,37-38,42-43H2,1-2H3. The van der Waals surface area contributed by atoms with Crippen molar-refractivity contribution in [1.82, 2.24) is 0 Å². The zero-order valence-corrected chi connectivity index (χ0v) is 39.8. The summed E-state index contributed by atoms with van der Waals surface area (Å²) < 4.78 is 0. The van der Waals surface area contributed by atoms with Gasteiger partial charge in [-0.1, -0.05) is 190 Å². The van der Waals surface area contributed by atoms with Crippen molar-refractivity contribution in [1.29, 1.82) is 0 Å². The second-order valence-electron chi connectivity index (χ2n) is 20.7. The number of hydrogen-bond acceptors (Lipinski definition) is 2. The molecule has 0 bridgehead atoms. The van der Waals surface area contributed by atoms with E-state index in [1.807, 2.05) is 0 Å². The van der Waals surface area contributed by atoms with Crippen LogP contribution in [0.25, 0.3) is 44.2 Å². The molecule has 14 rings (SSSR count). The van der Waals surface area contributed by atoms with Crippen LogP contribution in [0, 0.1) is 11.8 Å². The zero-order valence-electron chi connectivity index (χ0n) is 39.8. The number of nitrogens with zero attached hydrogens (tertiary/aromatic N) is 2. The second-order valence-corrected chi connectivity index (χ2v) is 20.7. The molecular weight excluding hydrogens is 845 g/mol. The fourth-order valence-electron chi connectivity index (χ4n) is 14.1. The summed E-state index contributed by atoms with van der Waals surface area (Å²) >= 11 is 0. The van der Waals surface area contributed by atoms with Crippen molar-refractivity contribution in [2.45, 2.75) is 50.4 Å². The second kappa shape index (κ2) is 15.8. The lowest BCUT2D eigenvalue weighted by atomic mass is 9.68. The van der Waals surface area contributed by atoms with Crippen LogP contribution in [0.1, 0.15) is 60.1 Å². The molecule has 0 aromatic heterocycles. The van der Waals surface area contributed by atoms with Crippen LogP contribution in [0.4, 0.5) is 34.1 Å². The van der Waals surface area contributed by atoms with E-state index in [9.17, 15) is 0 Å². The van der Waals surface area contributed by atoms with Gasteiger partial charge in [0.15, 0.2) is 0 Å². The largest absolute Gasteiger partial charge is 0.310 e. The molecule has 2 heteroatoms. The van der Waals surface area contributed by atoms with E-state index in [-0.39, 0.29) is 10.8 Å². The maximum absolute atomic E-state index is 2.63. The van der Waals surface area contributed by atoms with E-state index in [0.29, 0.717) is 11.8 Å². The quantitative estimate of drug-likeness (QED) is 0.150. The van der Waals surface area contributed by atoms with E-state index in [4.69, 9.17) is 0 Å². The molecule has 3 unspecified atom stereocenters. The van der Waals surface area contributed by atoms with E-state index in [1.54, 1.807) is 0 Å². The van der Waals surface area contributed by atoms with Crippen LogP contribution in [-0.2, 0) is 23.7 Å². The molecule has 1 saturated carbocycles. The van der Waals surface area contributed by atoms with Gasteiger partial charge in [0.25, 0.3) is 0 Å². The summed E-state index contributed by atoms with van der Waals surface area (Å²) in [5.74, 6) is 0.975. The van der Waals surface area contributed by atoms with Crippen LogP contribution < -0.4 is 9.80 Å². The van der Waals surface area contributed by atoms with Crippen LogP contribution in [0.2, 0.25) is 0 Å². The van der Waals surface area contributed by atoms with Crippen LogP contribution in [-0.4, -0.2) is 0 Å². The molecule has 0 saturated heterocycles. The third-order valence-corrected chi connectivity index (χ3v) is 16.9. The number of hydrogen-bond donors (Lipinski definition) is 0. The van der Waals surface area contributed by atoms with Crippen LogP contribution in [0.5, 0.6) is 0 Å². The predicted octanol–water partition coefficient (Wildman–Crippen LogP) is 17.8. The Hall–Kier alpha value is -7.94. The Bertz CT molecular complexity index is 3640. The van der Waals surface area contributed by atoms with Gasteiger partial charge in [0.05, 0.1) is 17.1 Å². The van der Waals surface area contributed by atoms with Gasteiger partial charge in [-0.25, -0.2) is 0 Å². The highest BCUT2D eigenvalue weighted by Gasteiger charge is 2.62. The summed E-state index contributed by atoms with van der Waals surface area (Å²) in [6, 6.07) is 86.8. The molecule has 1 fully saturated rings. The first-order chi connectivity index (χ1) is 34.5. The van der Waals surface area contributed by atoms with Gasteiger partial charge >= 0.3 is 0 Å². The topological polar surface area (TPSA) is 6.48 Å². The fourth-order valence-corrected chi connectivity index (χ4v) is 14.1. The van der Waals surface area contributed by atoms with Crippen LogP contribution in [0.3, 0.4) is 0 Å². The van der Waals surface area contributed by atoms with Crippen molar-refractivity contribution in [3.8, 4) is 33.4 Å². The lowest BCUT2D eigenvalue weighted by molar-refractivity contribution is 0.350. The van der Waals surface area contributed by atoms with Gasteiger partial charge in [-0.3, -0.25) is 0 Å². The summed E-state index contributed by atoms with van der Waals surface area (Å²) in [6.45, 7) is 4.80. The van der Waals surface area contributed by atoms with Crippen molar-refractivity contribution in [3.05, 3.63) is 264 Å². The highest BCUT2D eigenvalue weighted by molar-refractivity contribution is 6.06. The molecule has 10 aromatic carbocycles. The van der Waals surface area contributed by atoms with Gasteiger partial charge in [0.1, 0.15) is 0 Å². The first-order valence-corrected chi connectivity index (χ1v) is 25.4. The molecule has 0 amide bonds. The summed E-state index contributed by atoms with van der Waals surface area (Å²) in [5.41, 5.74) is 23.5. The number of fused-ring (bicyclic) bond motifs is 6. The van der Waals surface area contributed by atoms with Gasteiger partial charge in [0.2, 0.25) is 0 Å². The van der Waals surface area contributed by atoms with E-state index in [1.165, 1.54) is 124 Å². The average Bonchev–Trinajstić information content (AvgIpc) is 4.11. The van der Waals surface area contributed by atoms with E-state index in [2.05, 4.69) is 254 Å². The number of rotatable bonds is 8. The molecule has 336 valence electrons. The van der Waals surface area contributed by atoms with E-state index < -0.39 is 0 Å². The molecule has 70 heavy (non-hydrogen) atoms. The minimum absolute atomic E-state index is 0.116. The Morgan fingerprint density at radius 1 is 0.386 bits per heavy atom. The normalized spacial score (nSPS) is 18.7. The van der Waals surface area contributed by atoms with Crippen molar-refractivity contribution in [2.75, 3.05) is 9.80 Å². The molecule has 4 aliphatic carbocycles. The lowest BCUT2D eigenvalue weighted by Crippen LogP contribution is -2.34. The maximum Gasteiger partial charge on any atom is 0.0546 e. The third kappa shape index (κ3) is 5.99. The minimum atomic E-state index is -0.182. The van der Waals surface area contributed by atoms with Gasteiger partial charge in [0, 0.05) is 33.5 Å². The molecule has 0 N–H and O–H groups in total. The molecule has 0 radical (unpaired) electrons. The summed E-state index contributed by atoms with van der Waals surface area (Å²) in [4.78, 5) is 5.24. The highest BCUT2D eigenvalue weighted by Crippen LogP contribution is 2.69. The van der Waals surface area contributed by atoms with Crippen LogP contribution >= 0.6 is 0 Å². The average molecular weight is 899 g/mol. The van der Waals surface area contributed by atoms with Gasteiger partial charge in [-0.15, -0.1) is 0 Å². The Morgan fingerprint density at radius 3 is 1.61 bits per heavy atom. The van der Waals surface area contributed by atoms with Crippen molar-refractivity contribution in [3.63, 3.8) is 0 Å².